The highest BCUT2D eigenvalue weighted by molar-refractivity contribution is 6.42. The van der Waals surface area contributed by atoms with Crippen LogP contribution >= 0.6 is 23.2 Å². The number of halogens is 2. The number of pyridine rings is 1. The molecule has 4 nitrogen and oxygen atoms in total. The Bertz CT molecular complexity index is 679. The van der Waals surface area contributed by atoms with E-state index in [9.17, 15) is 9.59 Å². The smallest absolute Gasteiger partial charge is 0.352 e. The van der Waals surface area contributed by atoms with Crippen LogP contribution in [0.5, 0.6) is 0 Å². The number of aromatic nitrogens is 1. The molecular weight excluding hydrogens is 277 g/mol. The van der Waals surface area contributed by atoms with E-state index in [1.807, 2.05) is 0 Å². The van der Waals surface area contributed by atoms with Gasteiger partial charge in [0, 0.05) is 5.56 Å². The molecule has 0 aliphatic heterocycles. The van der Waals surface area contributed by atoms with Gasteiger partial charge < -0.3 is 10.1 Å². The maximum Gasteiger partial charge on any atom is 0.352 e. The highest BCUT2D eigenvalue weighted by atomic mass is 35.5. The van der Waals surface area contributed by atoms with Crippen LogP contribution in [0.2, 0.25) is 10.0 Å². The lowest BCUT2D eigenvalue weighted by Crippen LogP contribution is -2.14. The number of aromatic amines is 1. The summed E-state index contributed by atoms with van der Waals surface area (Å²) in [5, 5.41) is 9.46. The van der Waals surface area contributed by atoms with Crippen molar-refractivity contribution in [1.82, 2.24) is 4.98 Å². The zero-order chi connectivity index (χ0) is 13.3. The number of hydrogen-bond donors (Lipinski definition) is 2. The van der Waals surface area contributed by atoms with E-state index >= 15 is 0 Å². The summed E-state index contributed by atoms with van der Waals surface area (Å²) in [6.45, 7) is 0. The van der Waals surface area contributed by atoms with Gasteiger partial charge in [0.05, 0.1) is 10.0 Å². The van der Waals surface area contributed by atoms with E-state index in [4.69, 9.17) is 28.3 Å². The molecule has 0 fully saturated rings. The third-order valence-corrected chi connectivity index (χ3v) is 3.11. The standard InChI is InChI=1S/C12H7Cl2NO3/c13-8-3-1-6(5-9(8)14)7-2-4-10(12(17)18)15-11(7)16/h1-5H,(H,15,16)(H,17,18). The topological polar surface area (TPSA) is 70.2 Å². The van der Waals surface area contributed by atoms with Gasteiger partial charge in [0.15, 0.2) is 0 Å². The van der Waals surface area contributed by atoms with Crippen molar-refractivity contribution in [2.24, 2.45) is 0 Å². The quantitative estimate of drug-likeness (QED) is 0.890. The number of aromatic carboxylic acids is 1. The van der Waals surface area contributed by atoms with Crippen LogP contribution in [-0.4, -0.2) is 16.1 Å². The van der Waals surface area contributed by atoms with Crippen molar-refractivity contribution in [2.45, 2.75) is 0 Å². The summed E-state index contributed by atoms with van der Waals surface area (Å²) in [7, 11) is 0. The summed E-state index contributed by atoms with van der Waals surface area (Å²) in [4.78, 5) is 24.7. The largest absolute Gasteiger partial charge is 0.477 e. The number of nitrogens with one attached hydrogen (secondary N) is 1. The minimum Gasteiger partial charge on any atom is -0.477 e. The van der Waals surface area contributed by atoms with E-state index in [1.54, 1.807) is 18.2 Å². The molecule has 0 atom stereocenters. The van der Waals surface area contributed by atoms with Gasteiger partial charge in [-0.1, -0.05) is 29.3 Å². The van der Waals surface area contributed by atoms with Gasteiger partial charge in [0.2, 0.25) is 0 Å². The van der Waals surface area contributed by atoms with Gasteiger partial charge in [-0.15, -0.1) is 0 Å². The second kappa shape index (κ2) is 4.84. The fraction of sp³-hybridized carbons (Fsp3) is 0. The molecule has 0 bridgehead atoms. The SMILES string of the molecule is O=C(O)c1ccc(-c2ccc(Cl)c(Cl)c2)c(=O)[nH]1. The first-order chi connectivity index (χ1) is 8.49. The van der Waals surface area contributed by atoms with Gasteiger partial charge in [0.25, 0.3) is 5.56 Å². The highest BCUT2D eigenvalue weighted by Gasteiger charge is 2.09. The average Bonchev–Trinajstić information content (AvgIpc) is 2.32. The van der Waals surface area contributed by atoms with Crippen LogP contribution in [-0.2, 0) is 0 Å². The first-order valence-electron chi connectivity index (χ1n) is 4.91. The summed E-state index contributed by atoms with van der Waals surface area (Å²) in [6.07, 6.45) is 0. The van der Waals surface area contributed by atoms with Crippen LogP contribution in [0.15, 0.2) is 35.1 Å². The molecule has 0 spiro atoms. The van der Waals surface area contributed by atoms with Gasteiger partial charge in [0.1, 0.15) is 5.69 Å². The lowest BCUT2D eigenvalue weighted by molar-refractivity contribution is 0.0690. The minimum atomic E-state index is -1.19. The number of H-pyrrole nitrogens is 1. The van der Waals surface area contributed by atoms with Gasteiger partial charge in [-0.3, -0.25) is 4.79 Å². The van der Waals surface area contributed by atoms with Crippen LogP contribution in [0.1, 0.15) is 10.5 Å². The van der Waals surface area contributed by atoms with E-state index in [2.05, 4.69) is 4.98 Å². The molecule has 0 saturated heterocycles. The predicted molar refractivity (Wildman–Crippen MR) is 69.5 cm³/mol. The summed E-state index contributed by atoms with van der Waals surface area (Å²) >= 11 is 11.6. The molecule has 2 rings (SSSR count). The van der Waals surface area contributed by atoms with E-state index < -0.39 is 11.5 Å². The summed E-state index contributed by atoms with van der Waals surface area (Å²) in [6, 6.07) is 7.52. The van der Waals surface area contributed by atoms with Crippen molar-refractivity contribution >= 4 is 29.2 Å². The van der Waals surface area contributed by atoms with Crippen molar-refractivity contribution in [3.63, 3.8) is 0 Å². The van der Waals surface area contributed by atoms with E-state index in [0.29, 0.717) is 21.2 Å². The van der Waals surface area contributed by atoms with Crippen LogP contribution in [0.25, 0.3) is 11.1 Å². The fourth-order valence-electron chi connectivity index (χ4n) is 1.49. The van der Waals surface area contributed by atoms with Crippen molar-refractivity contribution in [2.75, 3.05) is 0 Å². The van der Waals surface area contributed by atoms with Crippen LogP contribution in [0.3, 0.4) is 0 Å². The Morgan fingerprint density at radius 3 is 2.39 bits per heavy atom. The third-order valence-electron chi connectivity index (χ3n) is 2.37. The molecule has 18 heavy (non-hydrogen) atoms. The maximum absolute atomic E-state index is 11.7. The molecule has 0 saturated carbocycles. The van der Waals surface area contributed by atoms with Crippen LogP contribution < -0.4 is 5.56 Å². The van der Waals surface area contributed by atoms with E-state index in [0.717, 1.165) is 0 Å². The Balaban J connectivity index is 2.54. The Morgan fingerprint density at radius 1 is 1.11 bits per heavy atom. The van der Waals surface area contributed by atoms with Crippen molar-refractivity contribution in [1.29, 1.82) is 0 Å². The van der Waals surface area contributed by atoms with Gasteiger partial charge in [-0.05, 0) is 29.8 Å². The first-order valence-corrected chi connectivity index (χ1v) is 5.66. The number of carboxylic acid groups (broad SMARTS) is 1. The second-order valence-electron chi connectivity index (χ2n) is 3.55. The molecular formula is C12H7Cl2NO3. The molecule has 92 valence electrons. The number of carboxylic acids is 1. The zero-order valence-corrected chi connectivity index (χ0v) is 10.4. The molecule has 1 aromatic carbocycles. The third kappa shape index (κ3) is 2.39. The molecule has 0 amide bonds. The second-order valence-corrected chi connectivity index (χ2v) is 4.36. The van der Waals surface area contributed by atoms with Crippen molar-refractivity contribution in [3.05, 3.63) is 56.4 Å². The van der Waals surface area contributed by atoms with Gasteiger partial charge in [-0.25, -0.2) is 4.79 Å². The maximum atomic E-state index is 11.7. The molecule has 1 aromatic heterocycles. The Labute approximate surface area is 112 Å². The van der Waals surface area contributed by atoms with Crippen LogP contribution in [0, 0.1) is 0 Å². The average molecular weight is 284 g/mol. The van der Waals surface area contributed by atoms with Crippen LogP contribution in [0.4, 0.5) is 0 Å². The molecule has 0 radical (unpaired) electrons. The van der Waals surface area contributed by atoms with Crippen molar-refractivity contribution in [3.8, 4) is 11.1 Å². The molecule has 0 aliphatic carbocycles. The summed E-state index contributed by atoms with van der Waals surface area (Å²) in [5.74, 6) is -1.19. The minimum absolute atomic E-state index is 0.163. The summed E-state index contributed by atoms with van der Waals surface area (Å²) < 4.78 is 0. The molecule has 2 aromatic rings. The molecule has 1 heterocycles. The monoisotopic (exact) mass is 283 g/mol. The lowest BCUT2D eigenvalue weighted by atomic mass is 10.1. The number of hydrogen-bond acceptors (Lipinski definition) is 2. The van der Waals surface area contributed by atoms with Gasteiger partial charge in [-0.2, -0.15) is 0 Å². The number of benzene rings is 1. The molecule has 0 aliphatic rings. The number of carbonyl (C=O) groups is 1. The number of rotatable bonds is 2. The Kier molecular flexibility index (Phi) is 3.41. The van der Waals surface area contributed by atoms with E-state index in [-0.39, 0.29) is 5.69 Å². The van der Waals surface area contributed by atoms with E-state index in [1.165, 1.54) is 12.1 Å². The Hall–Kier alpha value is -1.78. The first kappa shape index (κ1) is 12.7. The normalized spacial score (nSPS) is 10.3. The molecule has 0 unspecified atom stereocenters. The molecule has 6 heteroatoms. The highest BCUT2D eigenvalue weighted by Crippen LogP contribution is 2.26. The predicted octanol–water partition coefficient (Wildman–Crippen LogP) is 3.05. The van der Waals surface area contributed by atoms with Crippen molar-refractivity contribution < 1.29 is 9.90 Å². The lowest BCUT2D eigenvalue weighted by Gasteiger charge is -2.03. The van der Waals surface area contributed by atoms with Gasteiger partial charge >= 0.3 is 5.97 Å². The summed E-state index contributed by atoms with van der Waals surface area (Å²) in [5.41, 5.74) is 0.248. The zero-order valence-electron chi connectivity index (χ0n) is 8.91. The fourth-order valence-corrected chi connectivity index (χ4v) is 1.79. The Morgan fingerprint density at radius 2 is 1.83 bits per heavy atom. The molecule has 2 N–H and O–H groups in total.